The van der Waals surface area contributed by atoms with Crippen LogP contribution in [0.5, 0.6) is 0 Å². The van der Waals surface area contributed by atoms with Gasteiger partial charge in [-0.3, -0.25) is 9.59 Å². The molecule has 0 fully saturated rings. The van der Waals surface area contributed by atoms with Crippen molar-refractivity contribution in [1.29, 1.82) is 0 Å². The fourth-order valence-electron chi connectivity index (χ4n) is 8.73. The van der Waals surface area contributed by atoms with Crippen LogP contribution in [-0.4, -0.2) is 34.7 Å². The van der Waals surface area contributed by atoms with E-state index < -0.39 is 0 Å². The van der Waals surface area contributed by atoms with Crippen molar-refractivity contribution in [3.8, 4) is 0 Å². The monoisotopic (exact) mass is 932 g/mol. The number of halogens is 2. The van der Waals surface area contributed by atoms with E-state index >= 15 is 9.59 Å². The van der Waals surface area contributed by atoms with E-state index in [1.165, 1.54) is 128 Å². The van der Waals surface area contributed by atoms with Crippen LogP contribution in [-0.2, 0) is 9.59 Å². The summed E-state index contributed by atoms with van der Waals surface area (Å²) in [6.45, 7) is 14.7. The molecule has 2 aromatic heterocycles. The summed E-state index contributed by atoms with van der Waals surface area (Å²) in [6, 6.07) is 4.39. The number of rotatable bonds is 30. The van der Waals surface area contributed by atoms with Gasteiger partial charge in [0, 0.05) is 13.1 Å². The summed E-state index contributed by atoms with van der Waals surface area (Å²) in [7, 11) is 0. The van der Waals surface area contributed by atoms with Crippen molar-refractivity contribution in [2.24, 2.45) is 11.8 Å². The van der Waals surface area contributed by atoms with Gasteiger partial charge < -0.3 is 9.80 Å². The first-order chi connectivity index (χ1) is 27.2. The van der Waals surface area contributed by atoms with Crippen LogP contribution in [0.3, 0.4) is 0 Å². The highest BCUT2D eigenvalue weighted by atomic mass is 79.9. The SMILES string of the molecule is CCCCCCCCC(CCCCCC)CN1C(=O)C2=C(c3cc(C)c(Br)s3)N(CC(CCCCCC)CCCCCCCC)C(=O)C2=C1c1cc(C)c(Br)s1. The second-order valence-corrected chi connectivity index (χ2v) is 21.7. The Hall–Kier alpha value is -1.22. The lowest BCUT2D eigenvalue weighted by atomic mass is 9.93. The smallest absolute Gasteiger partial charge is 0.261 e. The zero-order valence-electron chi connectivity index (χ0n) is 36.0. The predicted molar refractivity (Wildman–Crippen MR) is 251 cm³/mol. The Morgan fingerprint density at radius 2 is 0.768 bits per heavy atom. The van der Waals surface area contributed by atoms with Gasteiger partial charge in [0.05, 0.1) is 39.9 Å². The zero-order valence-corrected chi connectivity index (χ0v) is 40.8. The van der Waals surface area contributed by atoms with Crippen molar-refractivity contribution in [3.63, 3.8) is 0 Å². The lowest BCUT2D eigenvalue weighted by Gasteiger charge is -2.29. The second-order valence-electron chi connectivity index (χ2n) is 17.0. The average Bonchev–Trinajstić information content (AvgIpc) is 3.87. The highest BCUT2D eigenvalue weighted by Crippen LogP contribution is 2.51. The number of hydrogen-bond donors (Lipinski definition) is 0. The number of fused-ring (bicyclic) bond motifs is 1. The van der Waals surface area contributed by atoms with Crippen LogP contribution in [0.25, 0.3) is 11.4 Å². The summed E-state index contributed by atoms with van der Waals surface area (Å²) in [6.07, 6.45) is 29.8. The molecule has 0 radical (unpaired) electrons. The van der Waals surface area contributed by atoms with Gasteiger partial charge in [0.2, 0.25) is 0 Å². The third kappa shape index (κ3) is 13.4. The molecule has 56 heavy (non-hydrogen) atoms. The molecule has 2 unspecified atom stereocenters. The predicted octanol–water partition coefficient (Wildman–Crippen LogP) is 16.4. The standard InChI is InChI=1S/C48H74Br2N2O2S2/c1-7-11-15-19-21-25-29-37(27-23-17-13-9-3)33-51-43(39-31-35(5)45(49)55-39)41-42(47(51)53)44(40-32-36(6)46(50)56-40)52(48(41)54)34-38(28-24-18-14-10-4)30-26-22-20-16-12-8-2/h31-32,37-38H,7-30,33-34H2,1-6H3. The minimum Gasteiger partial charge on any atom is -0.306 e. The highest BCUT2D eigenvalue weighted by Gasteiger charge is 2.50. The molecule has 2 atom stereocenters. The number of nitrogens with zero attached hydrogens (tertiary/aromatic N) is 2. The number of thiophene rings is 2. The Bertz CT molecular complexity index is 1430. The Morgan fingerprint density at radius 3 is 1.05 bits per heavy atom. The Morgan fingerprint density at radius 1 is 0.482 bits per heavy atom. The van der Waals surface area contributed by atoms with Crippen molar-refractivity contribution in [2.75, 3.05) is 13.1 Å². The lowest BCUT2D eigenvalue weighted by Crippen LogP contribution is -2.34. The second kappa shape index (κ2) is 25.4. The Labute approximate surface area is 367 Å². The molecule has 314 valence electrons. The lowest BCUT2D eigenvalue weighted by molar-refractivity contribution is -0.124. The van der Waals surface area contributed by atoms with E-state index in [0.29, 0.717) is 36.1 Å². The molecule has 0 aliphatic carbocycles. The third-order valence-electron chi connectivity index (χ3n) is 12.1. The molecule has 2 aliphatic rings. The van der Waals surface area contributed by atoms with Gasteiger partial charge in [0.15, 0.2) is 0 Å². The van der Waals surface area contributed by atoms with E-state index in [2.05, 4.69) is 95.3 Å². The maximum atomic E-state index is 15.2. The minimum atomic E-state index is 0.0297. The summed E-state index contributed by atoms with van der Waals surface area (Å²) >= 11 is 11.0. The van der Waals surface area contributed by atoms with E-state index in [1.54, 1.807) is 22.7 Å². The van der Waals surface area contributed by atoms with E-state index in [0.717, 1.165) is 65.5 Å². The molecule has 0 aromatic carbocycles. The average molecular weight is 935 g/mol. The summed E-state index contributed by atoms with van der Waals surface area (Å²) in [5.74, 6) is 0.891. The van der Waals surface area contributed by atoms with Crippen LogP contribution in [0.15, 0.2) is 30.9 Å². The Balaban J connectivity index is 1.74. The van der Waals surface area contributed by atoms with Crippen LogP contribution < -0.4 is 0 Å². The van der Waals surface area contributed by atoms with Gasteiger partial charge in [-0.05, 0) is 106 Å². The summed E-state index contributed by atoms with van der Waals surface area (Å²) < 4.78 is 2.14. The molecule has 0 spiro atoms. The molecule has 0 saturated heterocycles. The number of aryl methyl sites for hydroxylation is 2. The largest absolute Gasteiger partial charge is 0.306 e. The first kappa shape index (κ1) is 47.5. The first-order valence-electron chi connectivity index (χ1n) is 22.8. The summed E-state index contributed by atoms with van der Waals surface area (Å²) in [5, 5.41) is 0. The van der Waals surface area contributed by atoms with Crippen LogP contribution in [0.4, 0.5) is 0 Å². The zero-order chi connectivity index (χ0) is 40.5. The molecule has 4 nitrogen and oxygen atoms in total. The van der Waals surface area contributed by atoms with Crippen molar-refractivity contribution < 1.29 is 9.59 Å². The fraction of sp³-hybridized carbons (Fsp3) is 0.708. The van der Waals surface area contributed by atoms with Crippen LogP contribution in [0.1, 0.15) is 203 Å². The topological polar surface area (TPSA) is 40.6 Å². The molecule has 2 amide bonds. The molecule has 0 saturated carbocycles. The van der Waals surface area contributed by atoms with Gasteiger partial charge in [-0.25, -0.2) is 0 Å². The minimum absolute atomic E-state index is 0.0297. The quantitative estimate of drug-likeness (QED) is 0.0733. The number of amides is 2. The van der Waals surface area contributed by atoms with Crippen molar-refractivity contribution in [3.05, 3.63) is 51.7 Å². The van der Waals surface area contributed by atoms with E-state index in [1.807, 2.05) is 0 Å². The van der Waals surface area contributed by atoms with Gasteiger partial charge in [-0.2, -0.15) is 0 Å². The maximum Gasteiger partial charge on any atom is 0.261 e. The third-order valence-corrected chi connectivity index (χ3v) is 16.4. The molecule has 4 heterocycles. The molecule has 0 bridgehead atoms. The molecule has 2 aliphatic heterocycles. The van der Waals surface area contributed by atoms with Crippen LogP contribution in [0.2, 0.25) is 0 Å². The number of carbonyl (C=O) groups is 2. The van der Waals surface area contributed by atoms with Crippen LogP contribution >= 0.6 is 54.5 Å². The number of hydrogen-bond acceptors (Lipinski definition) is 4. The summed E-state index contributed by atoms with van der Waals surface area (Å²) in [4.78, 5) is 36.7. The van der Waals surface area contributed by atoms with E-state index in [-0.39, 0.29) is 11.8 Å². The van der Waals surface area contributed by atoms with Gasteiger partial charge in [-0.1, -0.05) is 156 Å². The van der Waals surface area contributed by atoms with Crippen molar-refractivity contribution >= 4 is 77.7 Å². The van der Waals surface area contributed by atoms with E-state index in [9.17, 15) is 0 Å². The summed E-state index contributed by atoms with van der Waals surface area (Å²) in [5.41, 5.74) is 5.32. The first-order valence-corrected chi connectivity index (χ1v) is 26.0. The van der Waals surface area contributed by atoms with Crippen molar-refractivity contribution in [2.45, 2.75) is 196 Å². The van der Waals surface area contributed by atoms with E-state index in [4.69, 9.17) is 0 Å². The molecule has 8 heteroatoms. The maximum absolute atomic E-state index is 15.2. The molecule has 2 aromatic rings. The van der Waals surface area contributed by atoms with Crippen LogP contribution in [0, 0.1) is 25.7 Å². The van der Waals surface area contributed by atoms with Gasteiger partial charge in [-0.15, -0.1) is 22.7 Å². The normalized spacial score (nSPS) is 15.6. The fourth-order valence-corrected chi connectivity index (χ4v) is 11.9. The number of unbranched alkanes of at least 4 members (excludes halogenated alkanes) is 16. The molecular weight excluding hydrogens is 860 g/mol. The number of carbonyl (C=O) groups excluding carboxylic acids is 2. The van der Waals surface area contributed by atoms with Crippen molar-refractivity contribution in [1.82, 2.24) is 9.80 Å². The van der Waals surface area contributed by atoms with Gasteiger partial charge in [0.25, 0.3) is 11.8 Å². The highest BCUT2D eigenvalue weighted by molar-refractivity contribution is 9.11. The molecular formula is C48H74Br2N2O2S2. The molecule has 4 rings (SSSR count). The van der Waals surface area contributed by atoms with Gasteiger partial charge >= 0.3 is 0 Å². The van der Waals surface area contributed by atoms with Gasteiger partial charge in [0.1, 0.15) is 0 Å². The molecule has 0 N–H and O–H groups in total. The Kier molecular flexibility index (Phi) is 21.5.